The minimum atomic E-state index is -0.970. The Bertz CT molecular complexity index is 3040. The van der Waals surface area contributed by atoms with E-state index in [2.05, 4.69) is 58.4 Å². The number of thiophene rings is 2. The highest BCUT2D eigenvalue weighted by atomic mass is 35.5. The maximum Gasteiger partial charge on any atom is 0.246 e. The van der Waals surface area contributed by atoms with Crippen LogP contribution in [0.25, 0.3) is 15.4 Å². The summed E-state index contributed by atoms with van der Waals surface area (Å²) in [6, 6.07) is 22.6. The first-order valence-corrected chi connectivity index (χ1v) is 27.7. The van der Waals surface area contributed by atoms with Gasteiger partial charge in [0.15, 0.2) is 5.82 Å². The number of aliphatic hydroxyl groups is 1. The first-order valence-electron chi connectivity index (χ1n) is 25.6. The molecule has 5 heterocycles. The molecule has 5 atom stereocenters. The number of rotatable bonds is 21. The number of aliphatic hydroxyl groups excluding tert-OH is 1. The van der Waals surface area contributed by atoms with Gasteiger partial charge in [-0.1, -0.05) is 80.9 Å². The van der Waals surface area contributed by atoms with Crippen LogP contribution in [-0.2, 0) is 35.2 Å². The SMILES string of the molecule is Cc1ccsc1-c1ccc(CNC(=O)[C@@H]2C[C@@H](O)CN2C(=O)[C@@H](NC(=O)COCCOCCCOc2ccc([C@@H](C)NC(=O)C[C@@H]3N=C(c4ccc(Cl)cc4)c4c(sc(C)c4C)-n4c(C)nnc43)cc2)C(C)(C)C)cc1. The Morgan fingerprint density at radius 1 is 0.855 bits per heavy atom. The maximum absolute atomic E-state index is 14.0. The molecule has 0 spiro atoms. The summed E-state index contributed by atoms with van der Waals surface area (Å²) in [6.07, 6.45) is -0.0929. The van der Waals surface area contributed by atoms with E-state index < -0.39 is 41.5 Å². The number of aliphatic imine (C=N–C) groups is 1. The van der Waals surface area contributed by atoms with Gasteiger partial charge in [-0.15, -0.1) is 32.9 Å². The molecule has 2 aliphatic heterocycles. The predicted octanol–water partition coefficient (Wildman–Crippen LogP) is 8.72. The van der Waals surface area contributed by atoms with Crippen LogP contribution in [0.3, 0.4) is 0 Å². The molecular weight excluding hydrogens is 1020 g/mol. The van der Waals surface area contributed by atoms with E-state index in [0.29, 0.717) is 36.2 Å². The lowest BCUT2D eigenvalue weighted by Gasteiger charge is -2.35. The summed E-state index contributed by atoms with van der Waals surface area (Å²) >= 11 is 9.61. The fourth-order valence-electron chi connectivity index (χ4n) is 9.35. The van der Waals surface area contributed by atoms with Gasteiger partial charge in [0.2, 0.25) is 23.6 Å². The lowest BCUT2D eigenvalue weighted by atomic mass is 9.85. The van der Waals surface area contributed by atoms with Gasteiger partial charge in [0.05, 0.1) is 44.1 Å². The van der Waals surface area contributed by atoms with E-state index in [4.69, 9.17) is 30.8 Å². The number of carbonyl (C=O) groups excluding carboxylic acids is 4. The molecule has 16 nitrogen and oxygen atoms in total. The number of hydrogen-bond donors (Lipinski definition) is 4. The third-order valence-corrected chi connectivity index (χ3v) is 16.1. The zero-order valence-electron chi connectivity index (χ0n) is 44.3. The van der Waals surface area contributed by atoms with Crippen LogP contribution in [0.4, 0.5) is 0 Å². The number of nitrogens with one attached hydrogen (secondary N) is 3. The number of nitrogens with zero attached hydrogens (tertiary/aromatic N) is 5. The zero-order valence-corrected chi connectivity index (χ0v) is 46.7. The van der Waals surface area contributed by atoms with Crippen LogP contribution >= 0.6 is 34.3 Å². The van der Waals surface area contributed by atoms with Crippen molar-refractivity contribution < 1.29 is 38.5 Å². The van der Waals surface area contributed by atoms with Gasteiger partial charge in [-0.2, -0.15) is 0 Å². The first-order chi connectivity index (χ1) is 36.4. The van der Waals surface area contributed by atoms with Crippen LogP contribution in [0.2, 0.25) is 5.02 Å². The van der Waals surface area contributed by atoms with Gasteiger partial charge in [0.1, 0.15) is 41.3 Å². The molecule has 3 aromatic carbocycles. The number of aryl methyl sites for hydroxylation is 3. The molecule has 0 bridgehead atoms. The van der Waals surface area contributed by atoms with Crippen molar-refractivity contribution in [3.05, 3.63) is 139 Å². The van der Waals surface area contributed by atoms with Crippen molar-refractivity contribution >= 4 is 63.6 Å². The van der Waals surface area contributed by atoms with Gasteiger partial charge in [-0.25, -0.2) is 0 Å². The molecule has 4 amide bonds. The second-order valence-corrected chi connectivity index (χ2v) is 23.0. The van der Waals surface area contributed by atoms with Crippen molar-refractivity contribution in [1.82, 2.24) is 35.6 Å². The fourth-order valence-corrected chi connectivity index (χ4v) is 11.6. The Labute approximate surface area is 457 Å². The molecule has 0 radical (unpaired) electrons. The lowest BCUT2D eigenvalue weighted by Crippen LogP contribution is -2.58. The van der Waals surface area contributed by atoms with E-state index in [1.807, 2.05) is 112 Å². The smallest absolute Gasteiger partial charge is 0.246 e. The van der Waals surface area contributed by atoms with E-state index in [0.717, 1.165) is 49.9 Å². The standard InChI is InChI=1S/C57H67ClN8O8S2/c1-33-22-27-75-51(33)41-12-10-38(11-13-41)30-59-54(70)46-28-43(67)31-65(46)55(71)52(57(6,7)8)62-48(69)32-73-26-25-72-23-9-24-74-44-20-16-39(17-21-44)35(3)60-47(68)29-45-53-64-63-37(5)66(53)56-49(34(2)36(4)76-56)50(61-45)40-14-18-42(58)19-15-40/h10-22,27,35,43,45-46,52,67H,9,23-26,28-32H2,1-8H3,(H,59,70)(H,60,68)(H,62,69)/t35-,43-,45+,46+,52-/m1/s1. The largest absolute Gasteiger partial charge is 0.494 e. The lowest BCUT2D eigenvalue weighted by molar-refractivity contribution is -0.144. The Kier molecular flexibility index (Phi) is 18.3. The van der Waals surface area contributed by atoms with E-state index in [1.165, 1.54) is 20.2 Å². The second-order valence-electron chi connectivity index (χ2n) is 20.4. The molecule has 1 fully saturated rings. The van der Waals surface area contributed by atoms with E-state index in [9.17, 15) is 24.3 Å². The molecule has 3 aromatic heterocycles. The summed E-state index contributed by atoms with van der Waals surface area (Å²) in [4.78, 5) is 63.3. The zero-order chi connectivity index (χ0) is 54.3. The minimum Gasteiger partial charge on any atom is -0.494 e. The van der Waals surface area contributed by atoms with Gasteiger partial charge in [-0.3, -0.25) is 28.7 Å². The molecule has 8 rings (SSSR count). The molecule has 4 N–H and O–H groups in total. The number of β-amino-alcohol motifs (C(OH)–C–C–N with tert-alkyl or cyclic N) is 1. The van der Waals surface area contributed by atoms with E-state index in [-0.39, 0.29) is 63.6 Å². The molecule has 19 heteroatoms. The topological polar surface area (TPSA) is 199 Å². The summed E-state index contributed by atoms with van der Waals surface area (Å²) in [5.74, 6) is 0.560. The number of fused-ring (bicyclic) bond motifs is 3. The number of amides is 4. The predicted molar refractivity (Wildman–Crippen MR) is 296 cm³/mol. The van der Waals surface area contributed by atoms with Crippen molar-refractivity contribution in [3.63, 3.8) is 0 Å². The number of hydrogen-bond acceptors (Lipinski definition) is 13. The maximum atomic E-state index is 14.0. The van der Waals surface area contributed by atoms with Crippen LogP contribution < -0.4 is 20.7 Å². The number of likely N-dealkylation sites (tertiary alicyclic amines) is 1. The number of benzene rings is 3. The number of carbonyl (C=O) groups is 4. The highest BCUT2D eigenvalue weighted by molar-refractivity contribution is 7.15. The third kappa shape index (κ3) is 13.4. The van der Waals surface area contributed by atoms with E-state index in [1.54, 1.807) is 22.7 Å². The minimum absolute atomic E-state index is 0.0170. The second kappa shape index (κ2) is 24.8. The number of halogens is 1. The quantitative estimate of drug-likeness (QED) is 0.0506. The van der Waals surface area contributed by atoms with Crippen molar-refractivity contribution in [2.24, 2.45) is 10.4 Å². The number of aromatic nitrogens is 3. The van der Waals surface area contributed by atoms with Crippen molar-refractivity contribution in [2.45, 2.75) is 111 Å². The third-order valence-electron chi connectivity index (χ3n) is 13.6. The van der Waals surface area contributed by atoms with Crippen molar-refractivity contribution in [2.75, 3.05) is 39.6 Å². The van der Waals surface area contributed by atoms with E-state index >= 15 is 0 Å². The molecule has 0 saturated carbocycles. The summed E-state index contributed by atoms with van der Waals surface area (Å²) in [6.45, 7) is 16.8. The summed E-state index contributed by atoms with van der Waals surface area (Å²) in [7, 11) is 0. The Morgan fingerprint density at radius 3 is 2.26 bits per heavy atom. The van der Waals surface area contributed by atoms with Gasteiger partial charge < -0.3 is 40.2 Å². The monoisotopic (exact) mass is 1090 g/mol. The molecule has 0 aliphatic carbocycles. The Morgan fingerprint density at radius 2 is 1.57 bits per heavy atom. The van der Waals surface area contributed by atoms with Gasteiger partial charge in [-0.05, 0) is 104 Å². The fraction of sp³-hybridized carbons (Fsp3) is 0.421. The molecular formula is C57H67ClN8O8S2. The summed E-state index contributed by atoms with van der Waals surface area (Å²) < 4.78 is 19.3. The number of ether oxygens (including phenoxy) is 3. The molecule has 76 heavy (non-hydrogen) atoms. The average molecular weight is 1090 g/mol. The summed E-state index contributed by atoms with van der Waals surface area (Å²) in [5, 5.41) is 32.1. The Balaban J connectivity index is 0.734. The first kappa shape index (κ1) is 55.9. The van der Waals surface area contributed by atoms with Crippen LogP contribution in [0, 0.1) is 33.1 Å². The van der Waals surface area contributed by atoms with Gasteiger partial charge in [0.25, 0.3) is 0 Å². The molecule has 6 aromatic rings. The average Bonchev–Trinajstić information content (AvgIpc) is 4.16. The summed E-state index contributed by atoms with van der Waals surface area (Å²) in [5.41, 5.74) is 7.26. The van der Waals surface area contributed by atoms with Crippen LogP contribution in [0.5, 0.6) is 5.75 Å². The molecule has 2 aliphatic rings. The van der Waals surface area contributed by atoms with Crippen LogP contribution in [-0.4, -0.2) is 112 Å². The van der Waals surface area contributed by atoms with Crippen molar-refractivity contribution in [1.29, 1.82) is 0 Å². The Hall–Kier alpha value is -6.28. The van der Waals surface area contributed by atoms with Gasteiger partial charge in [0, 0.05) is 58.4 Å². The molecule has 0 unspecified atom stereocenters. The van der Waals surface area contributed by atoms with Crippen molar-refractivity contribution in [3.8, 4) is 21.2 Å². The highest BCUT2D eigenvalue weighted by Crippen LogP contribution is 2.40. The van der Waals surface area contributed by atoms with Crippen LogP contribution in [0.1, 0.15) is 109 Å². The highest BCUT2D eigenvalue weighted by Gasteiger charge is 2.44. The normalized spacial score (nSPS) is 17.0. The van der Waals surface area contributed by atoms with Gasteiger partial charge >= 0.3 is 0 Å². The molecule has 402 valence electrons. The van der Waals surface area contributed by atoms with Crippen LogP contribution in [0.15, 0.2) is 89.2 Å². The molecule has 1 saturated heterocycles.